The number of benzene rings is 1. The number of hydrogen-bond donors (Lipinski definition) is 1. The zero-order valence-electron chi connectivity index (χ0n) is 36.1. The van der Waals surface area contributed by atoms with Crippen LogP contribution < -0.4 is 0 Å². The molecular formula is C44H75N3O7. The minimum absolute atomic E-state index is 0.0101. The summed E-state index contributed by atoms with van der Waals surface area (Å²) in [6.07, 6.45) is 0.832. The molecule has 2 rings (SSSR count). The van der Waals surface area contributed by atoms with Gasteiger partial charge in [-0.15, -0.1) is 0 Å². The first-order chi connectivity index (χ1) is 25.3. The van der Waals surface area contributed by atoms with E-state index in [-0.39, 0.29) is 84.4 Å². The molecule has 1 aromatic rings. The van der Waals surface area contributed by atoms with Gasteiger partial charge in [-0.2, -0.15) is 0 Å². The van der Waals surface area contributed by atoms with Crippen molar-refractivity contribution in [3.8, 4) is 0 Å². The Hall–Kier alpha value is -2.66. The summed E-state index contributed by atoms with van der Waals surface area (Å²) >= 11 is 0. The number of likely N-dealkylation sites (tertiary alicyclic amines) is 1. The predicted molar refractivity (Wildman–Crippen MR) is 216 cm³/mol. The SMILES string of the molecule is CC[C@H](C)[C@@H](C(CC(=O)N1CCC[C@H]1[C@H](OC)[C@@H](C)C(=O)C[C@H](C)[C@@H](O)c1ccccc1)OC)N(C)C(=O)[C@@H](CC(=O)[C@H](C(C)C)N(C)C(C)C)C(C)C. The molecule has 308 valence electrons. The maximum atomic E-state index is 14.4. The second kappa shape index (κ2) is 22.2. The summed E-state index contributed by atoms with van der Waals surface area (Å²) in [4.78, 5) is 61.8. The molecule has 0 bridgehead atoms. The number of ether oxygens (including phenoxy) is 2. The average molecular weight is 758 g/mol. The maximum absolute atomic E-state index is 14.4. The van der Waals surface area contributed by atoms with Crippen LogP contribution in [0.15, 0.2) is 30.3 Å². The van der Waals surface area contributed by atoms with Gasteiger partial charge in [-0.05, 0) is 63.0 Å². The van der Waals surface area contributed by atoms with Crippen molar-refractivity contribution in [3.05, 3.63) is 35.9 Å². The fourth-order valence-corrected chi connectivity index (χ4v) is 8.53. The molecule has 0 radical (unpaired) electrons. The van der Waals surface area contributed by atoms with Gasteiger partial charge < -0.3 is 24.4 Å². The summed E-state index contributed by atoms with van der Waals surface area (Å²) in [7, 11) is 6.95. The Balaban J connectivity index is 2.27. The number of aliphatic hydroxyl groups excluding tert-OH is 1. The summed E-state index contributed by atoms with van der Waals surface area (Å²) in [5.74, 6) is -1.37. The molecule has 0 spiro atoms. The van der Waals surface area contributed by atoms with Crippen LogP contribution in [0.5, 0.6) is 0 Å². The van der Waals surface area contributed by atoms with Gasteiger partial charge in [0.05, 0.1) is 42.9 Å². The predicted octanol–water partition coefficient (Wildman–Crippen LogP) is 6.83. The zero-order valence-corrected chi connectivity index (χ0v) is 36.1. The average Bonchev–Trinajstić information content (AvgIpc) is 3.62. The van der Waals surface area contributed by atoms with Crippen molar-refractivity contribution in [1.82, 2.24) is 14.7 Å². The van der Waals surface area contributed by atoms with Crippen LogP contribution in [-0.4, -0.2) is 114 Å². The Labute approximate surface area is 327 Å². The molecular weight excluding hydrogens is 682 g/mol. The Morgan fingerprint density at radius 1 is 0.833 bits per heavy atom. The van der Waals surface area contributed by atoms with Crippen molar-refractivity contribution >= 4 is 23.4 Å². The summed E-state index contributed by atoms with van der Waals surface area (Å²) in [6, 6.07) is 8.58. The largest absolute Gasteiger partial charge is 0.388 e. The van der Waals surface area contributed by atoms with Gasteiger partial charge in [-0.1, -0.05) is 92.1 Å². The zero-order chi connectivity index (χ0) is 41.0. The van der Waals surface area contributed by atoms with E-state index in [0.29, 0.717) is 13.0 Å². The minimum Gasteiger partial charge on any atom is -0.388 e. The number of ketones is 2. The number of methoxy groups -OCH3 is 2. The highest BCUT2D eigenvalue weighted by Gasteiger charge is 2.43. The molecule has 1 aliphatic rings. The smallest absolute Gasteiger partial charge is 0.226 e. The normalized spacial score (nSPS) is 20.1. The molecule has 10 nitrogen and oxygen atoms in total. The van der Waals surface area contributed by atoms with Crippen molar-refractivity contribution in [1.29, 1.82) is 0 Å². The molecule has 54 heavy (non-hydrogen) atoms. The lowest BCUT2D eigenvalue weighted by Crippen LogP contribution is -2.54. The molecule has 1 saturated heterocycles. The third kappa shape index (κ3) is 12.2. The number of Topliss-reactive ketones (excluding diaryl/α,β-unsaturated/α-hetero) is 2. The monoisotopic (exact) mass is 758 g/mol. The third-order valence-electron chi connectivity index (χ3n) is 12.3. The summed E-state index contributed by atoms with van der Waals surface area (Å²) in [6.45, 7) is 20.7. The lowest BCUT2D eigenvalue weighted by molar-refractivity contribution is -0.149. The van der Waals surface area contributed by atoms with Crippen LogP contribution in [0.25, 0.3) is 0 Å². The van der Waals surface area contributed by atoms with Gasteiger partial charge in [0.2, 0.25) is 11.8 Å². The number of amides is 2. The second-order valence-electron chi connectivity index (χ2n) is 17.1. The van der Waals surface area contributed by atoms with E-state index >= 15 is 0 Å². The Bertz CT molecular complexity index is 1320. The first-order valence-electron chi connectivity index (χ1n) is 20.5. The molecule has 10 atom stereocenters. The van der Waals surface area contributed by atoms with Crippen LogP contribution in [0.2, 0.25) is 0 Å². The topological polar surface area (TPSA) is 117 Å². The van der Waals surface area contributed by atoms with Crippen LogP contribution in [-0.2, 0) is 28.7 Å². The van der Waals surface area contributed by atoms with E-state index in [2.05, 4.69) is 46.4 Å². The van der Waals surface area contributed by atoms with E-state index in [1.807, 2.05) is 70.0 Å². The van der Waals surface area contributed by atoms with Crippen LogP contribution in [0.4, 0.5) is 0 Å². The van der Waals surface area contributed by atoms with Crippen LogP contribution in [0.3, 0.4) is 0 Å². The van der Waals surface area contributed by atoms with Gasteiger partial charge in [0, 0.05) is 58.5 Å². The minimum atomic E-state index is -0.762. The summed E-state index contributed by atoms with van der Waals surface area (Å²) in [5.41, 5.74) is 0.777. The van der Waals surface area contributed by atoms with Gasteiger partial charge in [-0.25, -0.2) is 0 Å². The van der Waals surface area contributed by atoms with E-state index in [1.54, 1.807) is 26.2 Å². The van der Waals surface area contributed by atoms with Gasteiger partial charge in [0.25, 0.3) is 0 Å². The molecule has 1 fully saturated rings. The van der Waals surface area contributed by atoms with Crippen molar-refractivity contribution in [2.24, 2.45) is 35.5 Å². The standard InChI is InChI=1S/C44H75N3O7/c1-15-30(8)41(46(12)44(52)34(27(2)3)25-37(49)40(28(4)5)45(11)29(6)7)38(53-13)26-39(50)47-23-19-22-35(47)43(54-14)32(10)36(48)24-31(9)42(51)33-20-17-16-18-21-33/h16-18,20-21,27-32,34-35,38,40-43,51H,15,19,22-26H2,1-14H3/t30-,31-,32-,34-,35-,38?,40-,41-,42+,43+/m0/s1. The lowest BCUT2D eigenvalue weighted by atomic mass is 9.83. The van der Waals surface area contributed by atoms with E-state index in [1.165, 1.54) is 0 Å². The van der Waals surface area contributed by atoms with Gasteiger partial charge in [0.15, 0.2) is 5.78 Å². The second-order valence-corrected chi connectivity index (χ2v) is 17.1. The van der Waals surface area contributed by atoms with Crippen molar-refractivity contribution < 1.29 is 33.8 Å². The number of aliphatic hydroxyl groups is 1. The van der Waals surface area contributed by atoms with E-state index < -0.39 is 36.2 Å². The van der Waals surface area contributed by atoms with Gasteiger partial charge in [0.1, 0.15) is 5.78 Å². The van der Waals surface area contributed by atoms with Gasteiger partial charge >= 0.3 is 0 Å². The Morgan fingerprint density at radius 3 is 1.94 bits per heavy atom. The van der Waals surface area contributed by atoms with Crippen LogP contribution >= 0.6 is 0 Å². The van der Waals surface area contributed by atoms with Crippen molar-refractivity contribution in [2.45, 2.75) is 150 Å². The van der Waals surface area contributed by atoms with Gasteiger partial charge in [-0.3, -0.25) is 24.1 Å². The summed E-state index contributed by atoms with van der Waals surface area (Å²) in [5, 5.41) is 10.9. The molecule has 1 unspecified atom stereocenters. The van der Waals surface area contributed by atoms with E-state index in [0.717, 1.165) is 18.4 Å². The quantitative estimate of drug-likeness (QED) is 0.129. The Kier molecular flexibility index (Phi) is 19.5. The van der Waals surface area contributed by atoms with Crippen molar-refractivity contribution in [2.75, 3.05) is 34.9 Å². The number of rotatable bonds is 23. The highest BCUT2D eigenvalue weighted by Crippen LogP contribution is 2.33. The highest BCUT2D eigenvalue weighted by molar-refractivity contribution is 5.90. The molecule has 2 amide bonds. The third-order valence-corrected chi connectivity index (χ3v) is 12.3. The molecule has 1 aromatic carbocycles. The molecule has 0 saturated carbocycles. The number of carbonyl (C=O) groups is 4. The van der Waals surface area contributed by atoms with E-state index in [9.17, 15) is 24.3 Å². The first kappa shape index (κ1) is 47.5. The lowest BCUT2D eigenvalue weighted by Gasteiger charge is -2.41. The van der Waals surface area contributed by atoms with Crippen LogP contribution in [0.1, 0.15) is 119 Å². The molecule has 10 heteroatoms. The Morgan fingerprint density at radius 2 is 1.44 bits per heavy atom. The number of nitrogens with zero attached hydrogens (tertiary/aromatic N) is 3. The van der Waals surface area contributed by atoms with Crippen molar-refractivity contribution in [3.63, 3.8) is 0 Å². The molecule has 0 aromatic heterocycles. The fraction of sp³-hybridized carbons (Fsp3) is 0.773. The number of hydrogen-bond acceptors (Lipinski definition) is 8. The summed E-state index contributed by atoms with van der Waals surface area (Å²) < 4.78 is 12.0. The number of likely N-dealkylation sites (N-methyl/N-ethyl adjacent to an activating group) is 2. The maximum Gasteiger partial charge on any atom is 0.226 e. The first-order valence-corrected chi connectivity index (χ1v) is 20.5. The number of carbonyl (C=O) groups excluding carboxylic acids is 4. The molecule has 1 N–H and O–H groups in total. The highest BCUT2D eigenvalue weighted by atomic mass is 16.5. The molecule has 0 aliphatic carbocycles. The van der Waals surface area contributed by atoms with E-state index in [4.69, 9.17) is 9.47 Å². The molecule has 1 heterocycles. The molecule has 1 aliphatic heterocycles. The van der Waals surface area contributed by atoms with Crippen LogP contribution in [0, 0.1) is 35.5 Å². The fourth-order valence-electron chi connectivity index (χ4n) is 8.53.